The summed E-state index contributed by atoms with van der Waals surface area (Å²) < 4.78 is 18.8. The number of nitrogen functional groups attached to an aromatic ring is 1. The normalized spacial score (nSPS) is 26.3. The molecular weight excluding hydrogens is 771 g/mol. The van der Waals surface area contributed by atoms with E-state index in [0.29, 0.717) is 22.5 Å². The number of fused-ring (bicyclic) bond motifs is 3. The third-order valence-corrected chi connectivity index (χ3v) is 12.9. The van der Waals surface area contributed by atoms with E-state index in [4.69, 9.17) is 10.6 Å². The Bertz CT molecular complexity index is 2060. The Hall–Kier alpha value is -4.02. The van der Waals surface area contributed by atoms with Gasteiger partial charge in [-0.1, -0.05) is 5.16 Å². The zero-order valence-corrected chi connectivity index (χ0v) is 34.0. The molecule has 2 unspecified atom stereocenters. The van der Waals surface area contributed by atoms with Crippen molar-refractivity contribution in [3.63, 3.8) is 0 Å². The number of phenols is 2. The maximum atomic E-state index is 14.1. The molecule has 18 nitrogen and oxygen atoms in total. The number of likely N-dealkylation sites (N-methyl/N-ethyl adjacent to an activating group) is 1. The first-order valence-electron chi connectivity index (χ1n) is 17.2. The predicted molar refractivity (Wildman–Crippen MR) is 188 cm³/mol. The number of hydrogen-bond donors (Lipinski definition) is 4. The van der Waals surface area contributed by atoms with Crippen molar-refractivity contribution < 1.29 is 77.8 Å². The molecule has 4 aliphatic heterocycles. The van der Waals surface area contributed by atoms with E-state index in [-0.39, 0.29) is 100 Å². The fourth-order valence-corrected chi connectivity index (χ4v) is 9.91. The molecule has 2 bridgehead atoms. The van der Waals surface area contributed by atoms with Crippen LogP contribution in [0, 0.1) is 17.7 Å². The van der Waals surface area contributed by atoms with Crippen LogP contribution in [0.5, 0.6) is 11.5 Å². The van der Waals surface area contributed by atoms with Gasteiger partial charge in [0.05, 0.1) is 42.1 Å². The molecule has 0 aliphatic carbocycles. The van der Waals surface area contributed by atoms with Gasteiger partial charge in [0.2, 0.25) is 17.6 Å². The van der Waals surface area contributed by atoms with Crippen LogP contribution in [0.15, 0.2) is 22.9 Å². The maximum absolute atomic E-state index is 14.1. The Morgan fingerprint density at radius 2 is 1.91 bits per heavy atom. The number of rotatable bonds is 13. The van der Waals surface area contributed by atoms with E-state index in [1.54, 1.807) is 4.90 Å². The molecule has 3 saturated heterocycles. The fraction of sp³-hybridized carbons (Fsp3) is 0.515. The summed E-state index contributed by atoms with van der Waals surface area (Å²) >= 11 is 2.32. The number of carbonyl (C=O) groups is 4. The first-order valence-corrected chi connectivity index (χ1v) is 19.0. The largest absolute Gasteiger partial charge is 1.00 e. The third kappa shape index (κ3) is 7.61. The number of H-pyrrole nitrogens is 1. The molecule has 0 saturated carbocycles. The van der Waals surface area contributed by atoms with Crippen LogP contribution >= 0.6 is 23.3 Å². The number of aliphatic carboxylic acids is 1. The van der Waals surface area contributed by atoms with Crippen LogP contribution in [0.25, 0.3) is 5.70 Å². The van der Waals surface area contributed by atoms with Crippen molar-refractivity contribution in [2.24, 2.45) is 17.0 Å². The number of hydrogen-bond acceptors (Lipinski definition) is 17. The van der Waals surface area contributed by atoms with Gasteiger partial charge >= 0.3 is 29.6 Å². The number of nitrogens with one attached hydrogen (secondary N) is 1. The minimum absolute atomic E-state index is 0. The molecule has 55 heavy (non-hydrogen) atoms. The summed E-state index contributed by atoms with van der Waals surface area (Å²) in [6.45, 7) is 3.00. The van der Waals surface area contributed by atoms with Gasteiger partial charge in [-0.05, 0) is 37.1 Å². The van der Waals surface area contributed by atoms with Crippen LogP contribution < -0.4 is 40.4 Å². The minimum Gasteiger partial charge on any atom is -0.546 e. The number of Topliss-reactive ketones (excluding diaryl/α,β-unsaturated/α-hetero) is 2. The molecule has 2 aromatic heterocycles. The maximum Gasteiger partial charge on any atom is 1.00 e. The number of aromatic nitrogens is 6. The molecule has 22 heteroatoms. The molecule has 3 aromatic rings. The van der Waals surface area contributed by atoms with E-state index in [1.165, 1.54) is 25.6 Å². The Morgan fingerprint density at radius 3 is 2.51 bits per heavy atom. The quantitative estimate of drug-likeness (QED) is 0.0277. The summed E-state index contributed by atoms with van der Waals surface area (Å²) in [4.78, 5) is 63.0. The van der Waals surface area contributed by atoms with E-state index >= 15 is 0 Å². The molecule has 1 amide bonds. The number of aromatic hydroxyl groups is 2. The Balaban J connectivity index is 0.00000514. The number of phenolic OH excluding ortho intramolecular Hbond substituents is 2. The number of carboxylic acids is 1. The summed E-state index contributed by atoms with van der Waals surface area (Å²) in [6.07, 6.45) is 3.30. The monoisotopic (exact) mass is 807 g/mol. The van der Waals surface area contributed by atoms with Gasteiger partial charge < -0.3 is 35.2 Å². The first kappa shape index (κ1) is 40.6. The van der Waals surface area contributed by atoms with Crippen molar-refractivity contribution in [3.05, 3.63) is 40.7 Å². The van der Waals surface area contributed by atoms with Crippen LogP contribution in [0.3, 0.4) is 0 Å². The van der Waals surface area contributed by atoms with Crippen LogP contribution in [0.2, 0.25) is 0 Å². The Morgan fingerprint density at radius 1 is 1.20 bits per heavy atom. The number of nitrogens with zero attached hydrogens (tertiary/aromatic N) is 8. The van der Waals surface area contributed by atoms with Crippen molar-refractivity contribution >= 4 is 63.3 Å². The second-order valence-electron chi connectivity index (χ2n) is 14.8. The molecule has 1 aromatic carbocycles. The molecule has 0 radical (unpaired) electrons. The number of halogens is 1. The van der Waals surface area contributed by atoms with Gasteiger partial charge in [0.1, 0.15) is 6.54 Å². The molecule has 4 aliphatic rings. The molecule has 6 heterocycles. The van der Waals surface area contributed by atoms with Crippen LogP contribution in [-0.4, -0.2) is 121 Å². The zero-order chi connectivity index (χ0) is 38.7. The molecule has 286 valence electrons. The molecule has 6 atom stereocenters. The van der Waals surface area contributed by atoms with Gasteiger partial charge in [-0.2, -0.15) is 14.6 Å². The minimum atomic E-state index is -1.87. The second-order valence-corrected chi connectivity index (χ2v) is 16.7. The number of anilines is 1. The molecular formula is C33H37FN10NaO8S2+. The Labute approximate surface area is 343 Å². The summed E-state index contributed by atoms with van der Waals surface area (Å²) in [7, 11) is 2.19. The second kappa shape index (κ2) is 15.5. The van der Waals surface area contributed by atoms with E-state index in [1.807, 2.05) is 0 Å². The van der Waals surface area contributed by atoms with Crippen molar-refractivity contribution in [2.75, 3.05) is 25.1 Å². The van der Waals surface area contributed by atoms with Crippen molar-refractivity contribution in [1.82, 2.24) is 34.9 Å². The van der Waals surface area contributed by atoms with Crippen molar-refractivity contribution in [3.8, 4) is 11.5 Å². The third-order valence-electron chi connectivity index (χ3n) is 11.0. The van der Waals surface area contributed by atoms with Crippen LogP contribution in [0.4, 0.5) is 9.52 Å². The average molecular weight is 808 g/mol. The summed E-state index contributed by atoms with van der Waals surface area (Å²) in [6, 6.07) is 2.46. The van der Waals surface area contributed by atoms with Gasteiger partial charge in [-0.25, -0.2) is 4.39 Å². The Kier molecular flexibility index (Phi) is 11.4. The number of oxime groups is 1. The number of tetrazole rings is 1. The summed E-state index contributed by atoms with van der Waals surface area (Å²) in [5.41, 5.74) is 4.99. The van der Waals surface area contributed by atoms with Gasteiger partial charge in [0, 0.05) is 66.9 Å². The number of benzene rings is 1. The van der Waals surface area contributed by atoms with Crippen LogP contribution in [-0.2, 0) is 19.2 Å². The van der Waals surface area contributed by atoms with Gasteiger partial charge in [0.25, 0.3) is 0 Å². The van der Waals surface area contributed by atoms with Gasteiger partial charge in [-0.3, -0.25) is 19.3 Å². The average Bonchev–Trinajstić information content (AvgIpc) is 3.83. The van der Waals surface area contributed by atoms with E-state index in [9.17, 15) is 38.9 Å². The number of piperidine rings is 1. The molecule has 3 fully saturated rings. The number of thioether (sulfide) groups is 1. The number of nitrogens with two attached hydrogens (primary N) is 1. The number of quaternary nitrogens is 1. The van der Waals surface area contributed by atoms with Crippen molar-refractivity contribution in [2.45, 2.75) is 75.4 Å². The zero-order valence-electron chi connectivity index (χ0n) is 30.4. The fourth-order valence-electron chi connectivity index (χ4n) is 8.07. The number of carboxylic acid groups (broad SMARTS) is 1. The van der Waals surface area contributed by atoms with E-state index < -0.39 is 46.0 Å². The molecule has 5 N–H and O–H groups in total. The number of β-lactam (4-membered cyclic amide) rings is 1. The molecule has 7 rings (SSSR count). The standard InChI is InChI=1S/C33H37FN10O8S2.Na/c1-33(2,31(50)51)52-39-24(27-36-32(35)54-40-27)22(46)11-19-29(49)43-25(28-37-41-42-38-28)16(13-53-30(19)43)12-44(3)17-4-5-18(44)7-14(6-17)8-21(45)15-9-20(34)26(48)23(47)10-15;/h9-10,14,17-19,30H,4-8,11-13H2,1-3H3,(H5-,35,36,37,38,39,40,41,42,45,46,47,48,50,51);/q;+1/t14?,17-,18+,19-,30-,44?;/m1./s1. The van der Waals surface area contributed by atoms with E-state index in [2.05, 4.69) is 42.2 Å². The topological polar surface area (TPSA) is 263 Å². The number of ketones is 2. The predicted octanol–water partition coefficient (Wildman–Crippen LogP) is -2.00. The van der Waals surface area contributed by atoms with Gasteiger partial charge in [0.15, 0.2) is 45.3 Å². The smallest absolute Gasteiger partial charge is 0.546 e. The number of aromatic amines is 1. The first-order chi connectivity index (χ1) is 25.6. The van der Waals surface area contributed by atoms with Gasteiger partial charge in [-0.15, -0.1) is 22.0 Å². The SMILES string of the molecule is CC(C)(O/N=C(\C(=O)C[C@@H]1C(=O)N2C(c3nn[nH]n3)=C(C[N+]3(C)[C@@H]4CC[C@H]3CC(CC(=O)c3cc(O)c(O)c(F)c3)C4)CS[C@H]12)c1nsc(N)n1)C(=O)[O-].[Na+]. The summed E-state index contributed by atoms with van der Waals surface area (Å²) in [5, 5.41) is 49.0. The van der Waals surface area contributed by atoms with Crippen molar-refractivity contribution in [1.29, 1.82) is 0 Å². The van der Waals surface area contributed by atoms with E-state index in [0.717, 1.165) is 54.9 Å². The summed E-state index contributed by atoms with van der Waals surface area (Å²) in [5.74, 6) is -5.55. The number of amides is 1. The van der Waals surface area contributed by atoms with Crippen LogP contribution in [0.1, 0.15) is 74.4 Å². The number of carbonyl (C=O) groups excluding carboxylic acids is 4. The molecule has 0 spiro atoms.